The maximum Gasteiger partial charge on any atom is 0.0166 e. The molecule has 1 atom stereocenters. The first-order chi connectivity index (χ1) is 4.29. The zero-order valence-electron chi connectivity index (χ0n) is 5.60. The third kappa shape index (κ3) is 1.24. The highest BCUT2D eigenvalue weighted by Gasteiger charge is 2.41. The van der Waals surface area contributed by atoms with Crippen LogP contribution in [0.3, 0.4) is 0 Å². The lowest BCUT2D eigenvalue weighted by Crippen LogP contribution is -2.30. The van der Waals surface area contributed by atoms with Crippen LogP contribution >= 0.6 is 11.8 Å². The summed E-state index contributed by atoms with van der Waals surface area (Å²) < 4.78 is 0. The Morgan fingerprint density at radius 3 is 2.56 bits per heavy atom. The maximum absolute atomic E-state index is 5.94. The second-order valence-corrected chi connectivity index (χ2v) is 4.76. The zero-order chi connectivity index (χ0) is 6.32. The highest BCUT2D eigenvalue weighted by molar-refractivity contribution is 8.01. The van der Waals surface area contributed by atoms with Crippen LogP contribution in [0.5, 0.6) is 0 Å². The number of nitrogens with two attached hydrogens (primary N) is 1. The van der Waals surface area contributed by atoms with Crippen molar-refractivity contribution in [2.75, 3.05) is 5.75 Å². The molecule has 1 heterocycles. The van der Waals surface area contributed by atoms with Gasteiger partial charge in [0.2, 0.25) is 0 Å². The fourth-order valence-electron chi connectivity index (χ4n) is 1.26. The largest absolute Gasteiger partial charge is 0.325 e. The fraction of sp³-hybridized carbons (Fsp3) is 1.00. The molecule has 0 radical (unpaired) electrons. The van der Waals surface area contributed by atoms with E-state index in [1.165, 1.54) is 31.4 Å². The van der Waals surface area contributed by atoms with Crippen molar-refractivity contribution in [3.05, 3.63) is 0 Å². The summed E-state index contributed by atoms with van der Waals surface area (Å²) >= 11 is 2.09. The SMILES string of the molecule is NC1(CC2CCS2)CC1. The van der Waals surface area contributed by atoms with Crippen molar-refractivity contribution in [2.24, 2.45) is 5.73 Å². The van der Waals surface area contributed by atoms with Crippen molar-refractivity contribution in [3.63, 3.8) is 0 Å². The molecule has 2 aliphatic rings. The van der Waals surface area contributed by atoms with Gasteiger partial charge in [-0.2, -0.15) is 11.8 Å². The molecule has 1 aliphatic heterocycles. The van der Waals surface area contributed by atoms with Crippen LogP contribution in [0.2, 0.25) is 0 Å². The minimum Gasteiger partial charge on any atom is -0.325 e. The van der Waals surface area contributed by atoms with Crippen LogP contribution in [0.4, 0.5) is 0 Å². The third-order valence-corrected chi connectivity index (χ3v) is 3.66. The molecular formula is C7H13NS. The molecule has 52 valence electrons. The lowest BCUT2D eigenvalue weighted by Gasteiger charge is -2.27. The van der Waals surface area contributed by atoms with E-state index in [9.17, 15) is 0 Å². The summed E-state index contributed by atoms with van der Waals surface area (Å²) in [6, 6.07) is 0. The van der Waals surface area contributed by atoms with Gasteiger partial charge >= 0.3 is 0 Å². The van der Waals surface area contributed by atoms with Crippen LogP contribution in [0.15, 0.2) is 0 Å². The molecule has 2 N–H and O–H groups in total. The van der Waals surface area contributed by atoms with Gasteiger partial charge in [0.25, 0.3) is 0 Å². The monoisotopic (exact) mass is 143 g/mol. The van der Waals surface area contributed by atoms with Gasteiger partial charge in [-0.3, -0.25) is 0 Å². The maximum atomic E-state index is 5.94. The molecule has 0 spiro atoms. The van der Waals surface area contributed by atoms with E-state index in [0.29, 0.717) is 5.54 Å². The summed E-state index contributed by atoms with van der Waals surface area (Å²) in [5.74, 6) is 1.38. The molecule has 1 aliphatic carbocycles. The molecular weight excluding hydrogens is 130 g/mol. The van der Waals surface area contributed by atoms with E-state index >= 15 is 0 Å². The summed E-state index contributed by atoms with van der Waals surface area (Å²) in [5.41, 5.74) is 6.25. The van der Waals surface area contributed by atoms with Gasteiger partial charge in [-0.25, -0.2) is 0 Å². The molecule has 2 heteroatoms. The van der Waals surface area contributed by atoms with E-state index in [-0.39, 0.29) is 0 Å². The fourth-order valence-corrected chi connectivity index (χ4v) is 2.28. The van der Waals surface area contributed by atoms with Gasteiger partial charge in [-0.15, -0.1) is 0 Å². The second-order valence-electron chi connectivity index (χ2n) is 3.35. The number of rotatable bonds is 2. The average Bonchev–Trinajstić information content (AvgIpc) is 2.39. The van der Waals surface area contributed by atoms with E-state index < -0.39 is 0 Å². The third-order valence-electron chi connectivity index (χ3n) is 2.32. The quantitative estimate of drug-likeness (QED) is 0.632. The predicted octanol–water partition coefficient (Wildman–Crippen LogP) is 1.37. The minimum atomic E-state index is 0.304. The molecule has 1 unspecified atom stereocenters. The van der Waals surface area contributed by atoms with E-state index in [4.69, 9.17) is 5.73 Å². The number of hydrogen-bond donors (Lipinski definition) is 1. The van der Waals surface area contributed by atoms with Gasteiger partial charge in [0, 0.05) is 10.8 Å². The van der Waals surface area contributed by atoms with Gasteiger partial charge in [0.15, 0.2) is 0 Å². The molecule has 2 fully saturated rings. The van der Waals surface area contributed by atoms with Crippen LogP contribution in [0, 0.1) is 0 Å². The van der Waals surface area contributed by atoms with Crippen LogP contribution < -0.4 is 5.73 Å². The predicted molar refractivity (Wildman–Crippen MR) is 41.6 cm³/mol. The van der Waals surface area contributed by atoms with Gasteiger partial charge in [-0.1, -0.05) is 0 Å². The molecule has 0 aromatic carbocycles. The van der Waals surface area contributed by atoms with Crippen molar-refractivity contribution in [2.45, 2.75) is 36.5 Å². The summed E-state index contributed by atoms with van der Waals surface area (Å²) in [6.45, 7) is 0. The lowest BCUT2D eigenvalue weighted by atomic mass is 10.1. The Morgan fingerprint density at radius 2 is 2.22 bits per heavy atom. The first kappa shape index (κ1) is 6.05. The van der Waals surface area contributed by atoms with Crippen LogP contribution in [-0.2, 0) is 0 Å². The van der Waals surface area contributed by atoms with Crippen molar-refractivity contribution < 1.29 is 0 Å². The molecule has 0 bridgehead atoms. The summed E-state index contributed by atoms with van der Waals surface area (Å²) in [4.78, 5) is 0. The minimum absolute atomic E-state index is 0.304. The number of thioether (sulfide) groups is 1. The van der Waals surface area contributed by atoms with Gasteiger partial charge in [0.05, 0.1) is 0 Å². The molecule has 0 aromatic heterocycles. The van der Waals surface area contributed by atoms with Crippen molar-refractivity contribution in [1.82, 2.24) is 0 Å². The van der Waals surface area contributed by atoms with Crippen molar-refractivity contribution >= 4 is 11.8 Å². The first-order valence-electron chi connectivity index (χ1n) is 3.69. The van der Waals surface area contributed by atoms with E-state index in [0.717, 1.165) is 5.25 Å². The van der Waals surface area contributed by atoms with Crippen molar-refractivity contribution in [3.8, 4) is 0 Å². The van der Waals surface area contributed by atoms with E-state index in [1.807, 2.05) is 0 Å². The Kier molecular flexibility index (Phi) is 1.27. The lowest BCUT2D eigenvalue weighted by molar-refractivity contribution is 0.567. The Balaban J connectivity index is 1.76. The smallest absolute Gasteiger partial charge is 0.0166 e. The Hall–Kier alpha value is 0.310. The van der Waals surface area contributed by atoms with Crippen LogP contribution in [0.25, 0.3) is 0 Å². The first-order valence-corrected chi connectivity index (χ1v) is 4.74. The number of hydrogen-bond acceptors (Lipinski definition) is 2. The summed E-state index contributed by atoms with van der Waals surface area (Å²) in [5, 5.41) is 0.928. The second kappa shape index (κ2) is 1.89. The molecule has 9 heavy (non-hydrogen) atoms. The highest BCUT2D eigenvalue weighted by Crippen LogP contribution is 2.43. The van der Waals surface area contributed by atoms with Gasteiger partial charge in [-0.05, 0) is 31.4 Å². The zero-order valence-corrected chi connectivity index (χ0v) is 6.41. The Labute approximate surface area is 60.4 Å². The molecule has 0 amide bonds. The van der Waals surface area contributed by atoms with E-state index in [1.54, 1.807) is 0 Å². The molecule has 1 saturated heterocycles. The Bertz CT molecular complexity index is 116. The molecule has 1 saturated carbocycles. The highest BCUT2D eigenvalue weighted by atomic mass is 32.2. The molecule has 1 nitrogen and oxygen atoms in total. The topological polar surface area (TPSA) is 26.0 Å². The normalized spacial score (nSPS) is 37.7. The molecule has 0 aromatic rings. The van der Waals surface area contributed by atoms with Crippen LogP contribution in [-0.4, -0.2) is 16.5 Å². The van der Waals surface area contributed by atoms with E-state index in [2.05, 4.69) is 11.8 Å². The molecule has 2 rings (SSSR count). The standard InChI is InChI=1S/C7H13NS/c8-7(2-3-7)5-6-1-4-9-6/h6H,1-5,8H2. The average molecular weight is 143 g/mol. The van der Waals surface area contributed by atoms with Crippen molar-refractivity contribution in [1.29, 1.82) is 0 Å². The summed E-state index contributed by atoms with van der Waals surface area (Å²) in [7, 11) is 0. The summed E-state index contributed by atoms with van der Waals surface area (Å²) in [6.07, 6.45) is 5.27. The van der Waals surface area contributed by atoms with Gasteiger partial charge < -0.3 is 5.73 Å². The van der Waals surface area contributed by atoms with Gasteiger partial charge in [0.1, 0.15) is 0 Å². The Morgan fingerprint density at radius 1 is 1.56 bits per heavy atom. The van der Waals surface area contributed by atoms with Crippen LogP contribution in [0.1, 0.15) is 25.7 Å².